The Morgan fingerprint density at radius 2 is 2.21 bits per heavy atom. The van der Waals surface area contributed by atoms with Crippen molar-refractivity contribution >= 4 is 29.0 Å². The summed E-state index contributed by atoms with van der Waals surface area (Å²) in [6, 6.07) is 11.1. The van der Waals surface area contributed by atoms with Crippen molar-refractivity contribution in [2.45, 2.75) is 25.8 Å². The largest absolute Gasteiger partial charge is 0.461 e. The fourth-order valence-electron chi connectivity index (χ4n) is 3.52. The Bertz CT molecular complexity index is 999. The van der Waals surface area contributed by atoms with Gasteiger partial charge in [0, 0.05) is 18.4 Å². The van der Waals surface area contributed by atoms with E-state index in [0.29, 0.717) is 12.3 Å². The molecule has 1 N–H and O–H groups in total. The number of carbonyl (C=O) groups is 2. The van der Waals surface area contributed by atoms with Gasteiger partial charge in [0.25, 0.3) is 0 Å². The van der Waals surface area contributed by atoms with Crippen molar-refractivity contribution in [3.05, 3.63) is 64.6 Å². The second kappa shape index (κ2) is 8.48. The van der Waals surface area contributed by atoms with Crippen molar-refractivity contribution in [1.29, 1.82) is 0 Å². The molecule has 0 spiro atoms. The Morgan fingerprint density at radius 3 is 3.00 bits per heavy atom. The topological polar surface area (TPSA) is 76.5 Å². The third-order valence-corrected chi connectivity index (χ3v) is 5.58. The highest BCUT2D eigenvalue weighted by molar-refractivity contribution is 7.08. The molecule has 150 valence electrons. The van der Waals surface area contributed by atoms with Crippen molar-refractivity contribution in [1.82, 2.24) is 14.7 Å². The third kappa shape index (κ3) is 4.17. The minimum atomic E-state index is -0.454. The summed E-state index contributed by atoms with van der Waals surface area (Å²) in [5.41, 5.74) is 2.86. The van der Waals surface area contributed by atoms with Gasteiger partial charge in [-0.3, -0.25) is 0 Å². The number of aromatic nitrogens is 2. The number of esters is 1. The molecule has 1 atom stereocenters. The molecule has 1 aromatic carbocycles. The lowest BCUT2D eigenvalue weighted by Gasteiger charge is -2.24. The molecule has 0 bridgehead atoms. The highest BCUT2D eigenvalue weighted by atomic mass is 32.1. The van der Waals surface area contributed by atoms with E-state index in [1.54, 1.807) is 35.2 Å². The number of carbonyl (C=O) groups excluding carboxylic acids is 2. The first kappa shape index (κ1) is 19.2. The number of benzene rings is 1. The van der Waals surface area contributed by atoms with Crippen molar-refractivity contribution in [2.24, 2.45) is 0 Å². The zero-order chi connectivity index (χ0) is 20.2. The first-order valence-electron chi connectivity index (χ1n) is 9.58. The van der Waals surface area contributed by atoms with Crippen LogP contribution >= 0.6 is 11.3 Å². The second-order valence-electron chi connectivity index (χ2n) is 6.75. The Kier molecular flexibility index (Phi) is 5.62. The maximum absolute atomic E-state index is 12.9. The van der Waals surface area contributed by atoms with Crippen LogP contribution in [0.3, 0.4) is 0 Å². The van der Waals surface area contributed by atoms with Crippen molar-refractivity contribution in [3.63, 3.8) is 0 Å². The highest BCUT2D eigenvalue weighted by Gasteiger charge is 2.30. The monoisotopic (exact) mass is 410 g/mol. The van der Waals surface area contributed by atoms with Crippen LogP contribution in [0.5, 0.6) is 0 Å². The number of rotatable bonds is 5. The summed E-state index contributed by atoms with van der Waals surface area (Å²) >= 11 is 1.65. The fraction of sp³-hybridized carbons (Fsp3) is 0.286. The van der Waals surface area contributed by atoms with Gasteiger partial charge in [-0.25, -0.2) is 14.3 Å². The first-order chi connectivity index (χ1) is 14.2. The average molecular weight is 410 g/mol. The van der Waals surface area contributed by atoms with Gasteiger partial charge in [-0.05, 0) is 66.4 Å². The number of urea groups is 1. The van der Waals surface area contributed by atoms with E-state index in [1.807, 2.05) is 34.5 Å². The van der Waals surface area contributed by atoms with Gasteiger partial charge >= 0.3 is 12.0 Å². The van der Waals surface area contributed by atoms with E-state index in [0.717, 1.165) is 25.1 Å². The quantitative estimate of drug-likeness (QED) is 0.629. The summed E-state index contributed by atoms with van der Waals surface area (Å²) in [5.74, 6) is -0.454. The molecule has 3 heterocycles. The smallest absolute Gasteiger partial charge is 0.358 e. The van der Waals surface area contributed by atoms with E-state index >= 15 is 0 Å². The Morgan fingerprint density at radius 1 is 1.31 bits per heavy atom. The summed E-state index contributed by atoms with van der Waals surface area (Å²) in [6.45, 7) is 2.80. The zero-order valence-electron chi connectivity index (χ0n) is 16.1. The molecule has 4 rings (SSSR count). The molecule has 1 fully saturated rings. The Balaban J connectivity index is 1.48. The zero-order valence-corrected chi connectivity index (χ0v) is 16.9. The van der Waals surface area contributed by atoms with Crippen molar-refractivity contribution < 1.29 is 14.3 Å². The molecule has 2 aromatic heterocycles. The predicted octanol–water partition coefficient (Wildman–Crippen LogP) is 4.48. The number of anilines is 1. The number of hydrogen-bond donors (Lipinski definition) is 1. The molecular weight excluding hydrogens is 388 g/mol. The minimum Gasteiger partial charge on any atom is -0.461 e. The van der Waals surface area contributed by atoms with Gasteiger partial charge in [-0.15, -0.1) is 0 Å². The molecule has 7 nitrogen and oxygen atoms in total. The van der Waals surface area contributed by atoms with Crippen LogP contribution in [0, 0.1) is 0 Å². The van der Waals surface area contributed by atoms with E-state index in [4.69, 9.17) is 4.74 Å². The molecule has 2 amide bonds. The van der Waals surface area contributed by atoms with Gasteiger partial charge in [-0.1, -0.05) is 6.07 Å². The Hall–Kier alpha value is -3.13. The third-order valence-electron chi connectivity index (χ3n) is 4.88. The summed E-state index contributed by atoms with van der Waals surface area (Å²) in [5, 5.41) is 11.4. The lowest BCUT2D eigenvalue weighted by molar-refractivity contribution is 0.0519. The summed E-state index contributed by atoms with van der Waals surface area (Å²) in [4.78, 5) is 26.6. The van der Waals surface area contributed by atoms with Gasteiger partial charge in [0.1, 0.15) is 0 Å². The summed E-state index contributed by atoms with van der Waals surface area (Å²) < 4.78 is 6.56. The molecule has 29 heavy (non-hydrogen) atoms. The lowest BCUT2D eigenvalue weighted by Crippen LogP contribution is -2.34. The molecule has 0 radical (unpaired) electrons. The molecule has 1 saturated heterocycles. The van der Waals surface area contributed by atoms with Crippen LogP contribution in [-0.4, -0.2) is 39.8 Å². The Labute approximate surface area is 172 Å². The van der Waals surface area contributed by atoms with Crippen LogP contribution in [0.4, 0.5) is 10.5 Å². The van der Waals surface area contributed by atoms with Crippen molar-refractivity contribution in [2.75, 3.05) is 18.5 Å². The molecule has 0 saturated carbocycles. The van der Waals surface area contributed by atoms with Crippen LogP contribution in [0.1, 0.15) is 41.9 Å². The van der Waals surface area contributed by atoms with Crippen LogP contribution in [0.15, 0.2) is 53.4 Å². The van der Waals surface area contributed by atoms with Gasteiger partial charge in [0.05, 0.1) is 18.3 Å². The first-order valence-corrected chi connectivity index (χ1v) is 10.5. The maximum Gasteiger partial charge on any atom is 0.358 e. The number of nitrogens with one attached hydrogen (secondary N) is 1. The fourth-order valence-corrected chi connectivity index (χ4v) is 4.23. The summed E-state index contributed by atoms with van der Waals surface area (Å²) in [7, 11) is 0. The van der Waals surface area contributed by atoms with Crippen LogP contribution in [0.25, 0.3) is 5.69 Å². The van der Waals surface area contributed by atoms with E-state index in [1.165, 1.54) is 5.56 Å². The molecule has 1 aliphatic rings. The molecule has 0 unspecified atom stereocenters. The number of nitrogens with zero attached hydrogens (tertiary/aromatic N) is 3. The molecular formula is C21H22N4O3S. The van der Waals surface area contributed by atoms with Crippen LogP contribution < -0.4 is 5.32 Å². The normalized spacial score (nSPS) is 16.0. The molecule has 8 heteroatoms. The maximum atomic E-state index is 12.9. The van der Waals surface area contributed by atoms with E-state index < -0.39 is 5.97 Å². The van der Waals surface area contributed by atoms with Gasteiger partial charge < -0.3 is 15.0 Å². The summed E-state index contributed by atoms with van der Waals surface area (Å²) in [6.07, 6.45) is 3.67. The van der Waals surface area contributed by atoms with Gasteiger partial charge in [-0.2, -0.15) is 16.4 Å². The second-order valence-corrected chi connectivity index (χ2v) is 7.53. The SMILES string of the molecule is CCOC(=O)c1ccn(-c2cccc(NC(=O)N3CCC[C@@H]3c3ccsc3)c2)n1. The number of ether oxygens (including phenoxy) is 1. The van der Waals surface area contributed by atoms with E-state index in [9.17, 15) is 9.59 Å². The number of hydrogen-bond acceptors (Lipinski definition) is 5. The molecule has 1 aliphatic heterocycles. The van der Waals surface area contributed by atoms with E-state index in [2.05, 4.69) is 21.9 Å². The van der Waals surface area contributed by atoms with Crippen molar-refractivity contribution in [3.8, 4) is 5.69 Å². The van der Waals surface area contributed by atoms with Gasteiger partial charge in [0.2, 0.25) is 0 Å². The standard InChI is InChI=1S/C21H22N4O3S/c1-2-28-20(26)18-8-11-25(23-18)17-6-3-5-16(13-17)22-21(27)24-10-4-7-19(24)15-9-12-29-14-15/h3,5-6,8-9,11-14,19H,2,4,7,10H2,1H3,(H,22,27)/t19-/m1/s1. The van der Waals surface area contributed by atoms with E-state index in [-0.39, 0.29) is 17.8 Å². The molecule has 3 aromatic rings. The lowest BCUT2D eigenvalue weighted by atomic mass is 10.1. The van der Waals surface area contributed by atoms with Crippen LogP contribution in [0.2, 0.25) is 0 Å². The predicted molar refractivity (Wildman–Crippen MR) is 112 cm³/mol. The van der Waals surface area contributed by atoms with Gasteiger partial charge in [0.15, 0.2) is 5.69 Å². The minimum absolute atomic E-state index is 0.108. The number of likely N-dealkylation sites (tertiary alicyclic amines) is 1. The molecule has 0 aliphatic carbocycles. The highest BCUT2D eigenvalue weighted by Crippen LogP contribution is 2.33. The van der Waals surface area contributed by atoms with Crippen LogP contribution in [-0.2, 0) is 4.74 Å². The number of amides is 2. The average Bonchev–Trinajstić information content (AvgIpc) is 3.49. The number of thiophene rings is 1.